The summed E-state index contributed by atoms with van der Waals surface area (Å²) in [7, 11) is -3.62. The van der Waals surface area contributed by atoms with Crippen LogP contribution in [0.1, 0.15) is 50.6 Å². The van der Waals surface area contributed by atoms with Crippen molar-refractivity contribution < 1.29 is 8.42 Å². The van der Waals surface area contributed by atoms with Crippen molar-refractivity contribution in [2.45, 2.75) is 50.0 Å². The number of hydrogen-bond donors (Lipinski definition) is 2. The second-order valence-corrected chi connectivity index (χ2v) is 7.29. The van der Waals surface area contributed by atoms with Crippen molar-refractivity contribution in [2.24, 2.45) is 11.1 Å². The second kappa shape index (κ2) is 6.70. The largest absolute Gasteiger partial charge is 0.310 e. The molecule has 3 N–H and O–H groups in total. The van der Waals surface area contributed by atoms with Crippen molar-refractivity contribution >= 4 is 10.0 Å². The highest BCUT2D eigenvalue weighted by Gasteiger charge is 2.15. The summed E-state index contributed by atoms with van der Waals surface area (Å²) in [6.07, 6.45) is 6.67. The first-order valence-electron chi connectivity index (χ1n) is 7.33. The number of hydrogen-bond acceptors (Lipinski definition) is 3. The number of benzene rings is 1. The Balaban J connectivity index is 1.90. The number of sulfonamides is 1. The smallest absolute Gasteiger partial charge is 0.238 e. The summed E-state index contributed by atoms with van der Waals surface area (Å²) in [5, 5.41) is 8.63. The minimum Gasteiger partial charge on any atom is -0.310 e. The van der Waals surface area contributed by atoms with Crippen LogP contribution in [0.25, 0.3) is 0 Å². The maximum Gasteiger partial charge on any atom is 0.238 e. The van der Waals surface area contributed by atoms with Crippen molar-refractivity contribution in [2.75, 3.05) is 6.54 Å². The van der Waals surface area contributed by atoms with Crippen LogP contribution < -0.4 is 10.5 Å². The van der Waals surface area contributed by atoms with Crippen LogP contribution in [-0.2, 0) is 10.0 Å². The SMILES string of the molecule is CC(NCCC1CCCC1)c1cccc(S(N)(=O)=O)c1. The zero-order valence-electron chi connectivity index (χ0n) is 12.0. The second-order valence-electron chi connectivity index (χ2n) is 5.73. The van der Waals surface area contributed by atoms with Crippen LogP contribution in [0.4, 0.5) is 0 Å². The standard InChI is InChI=1S/C15H24N2O2S/c1-12(17-10-9-13-5-2-3-6-13)14-7-4-8-15(11-14)20(16,18)19/h4,7-8,11-13,17H,2-3,5-6,9-10H2,1H3,(H2,16,18,19). The Labute approximate surface area is 121 Å². The molecule has 1 aromatic rings. The van der Waals surface area contributed by atoms with Gasteiger partial charge >= 0.3 is 0 Å². The lowest BCUT2D eigenvalue weighted by Crippen LogP contribution is -2.22. The Morgan fingerprint density at radius 1 is 1.35 bits per heavy atom. The Morgan fingerprint density at radius 2 is 2.05 bits per heavy atom. The Kier molecular flexibility index (Phi) is 5.18. The van der Waals surface area contributed by atoms with Gasteiger partial charge in [-0.2, -0.15) is 0 Å². The van der Waals surface area contributed by atoms with Gasteiger partial charge in [-0.1, -0.05) is 37.8 Å². The predicted molar refractivity (Wildman–Crippen MR) is 80.8 cm³/mol. The molecule has 1 unspecified atom stereocenters. The minimum atomic E-state index is -3.62. The third-order valence-corrected chi connectivity index (χ3v) is 5.08. The lowest BCUT2D eigenvalue weighted by Gasteiger charge is -2.16. The molecule has 20 heavy (non-hydrogen) atoms. The van der Waals surface area contributed by atoms with E-state index < -0.39 is 10.0 Å². The Bertz CT molecular complexity index is 537. The molecule has 1 saturated carbocycles. The Morgan fingerprint density at radius 3 is 2.70 bits per heavy atom. The maximum absolute atomic E-state index is 11.4. The summed E-state index contributed by atoms with van der Waals surface area (Å²) < 4.78 is 22.7. The lowest BCUT2D eigenvalue weighted by atomic mass is 10.0. The molecule has 0 bridgehead atoms. The summed E-state index contributed by atoms with van der Waals surface area (Å²) in [6, 6.07) is 7.00. The van der Waals surface area contributed by atoms with Crippen LogP contribution in [0, 0.1) is 5.92 Å². The monoisotopic (exact) mass is 296 g/mol. The van der Waals surface area contributed by atoms with Crippen molar-refractivity contribution in [3.05, 3.63) is 29.8 Å². The van der Waals surface area contributed by atoms with E-state index in [9.17, 15) is 8.42 Å². The molecule has 4 nitrogen and oxygen atoms in total. The van der Waals surface area contributed by atoms with E-state index >= 15 is 0 Å². The zero-order chi connectivity index (χ0) is 14.6. The normalized spacial score (nSPS) is 18.3. The molecule has 5 heteroatoms. The molecule has 1 atom stereocenters. The molecule has 0 aromatic heterocycles. The maximum atomic E-state index is 11.4. The summed E-state index contributed by atoms with van der Waals surface area (Å²) in [5.41, 5.74) is 0.961. The van der Waals surface area contributed by atoms with Crippen LogP contribution in [-0.4, -0.2) is 15.0 Å². The molecule has 0 spiro atoms. The highest BCUT2D eigenvalue weighted by molar-refractivity contribution is 7.89. The molecule has 112 valence electrons. The van der Waals surface area contributed by atoms with E-state index in [1.165, 1.54) is 38.2 Å². The van der Waals surface area contributed by atoms with Gasteiger partial charge in [0.2, 0.25) is 10.0 Å². The molecule has 1 aliphatic carbocycles. The molecule has 0 saturated heterocycles. The molecular formula is C15H24N2O2S. The van der Waals surface area contributed by atoms with Gasteiger partial charge in [-0.15, -0.1) is 0 Å². The molecule has 0 heterocycles. The van der Waals surface area contributed by atoms with Gasteiger partial charge in [-0.25, -0.2) is 13.6 Å². The van der Waals surface area contributed by atoms with Crippen LogP contribution >= 0.6 is 0 Å². The van der Waals surface area contributed by atoms with Gasteiger partial charge in [0, 0.05) is 6.04 Å². The van der Waals surface area contributed by atoms with Crippen molar-refractivity contribution in [1.82, 2.24) is 5.32 Å². The summed E-state index contributed by atoms with van der Waals surface area (Å²) in [6.45, 7) is 3.03. The van der Waals surface area contributed by atoms with E-state index in [4.69, 9.17) is 5.14 Å². The van der Waals surface area contributed by atoms with Gasteiger partial charge in [-0.3, -0.25) is 0 Å². The first-order chi connectivity index (χ1) is 9.47. The Hall–Kier alpha value is -0.910. The molecule has 1 fully saturated rings. The number of rotatable bonds is 6. The average molecular weight is 296 g/mol. The van der Waals surface area contributed by atoms with E-state index in [-0.39, 0.29) is 10.9 Å². The van der Waals surface area contributed by atoms with Crippen LogP contribution in [0.5, 0.6) is 0 Å². The van der Waals surface area contributed by atoms with E-state index in [0.29, 0.717) is 0 Å². The van der Waals surface area contributed by atoms with Crippen molar-refractivity contribution in [3.63, 3.8) is 0 Å². The van der Waals surface area contributed by atoms with Gasteiger partial charge in [0.1, 0.15) is 0 Å². The summed E-state index contributed by atoms with van der Waals surface area (Å²) in [5.74, 6) is 0.866. The van der Waals surface area contributed by atoms with Gasteiger partial charge in [0.15, 0.2) is 0 Å². The quantitative estimate of drug-likeness (QED) is 0.847. The molecule has 1 aliphatic rings. The third-order valence-electron chi connectivity index (χ3n) is 4.16. The highest BCUT2D eigenvalue weighted by Crippen LogP contribution is 2.27. The fourth-order valence-corrected chi connectivity index (χ4v) is 3.45. The summed E-state index contributed by atoms with van der Waals surface area (Å²) in [4.78, 5) is 0.180. The highest BCUT2D eigenvalue weighted by atomic mass is 32.2. The molecule has 1 aromatic carbocycles. The van der Waals surface area contributed by atoms with Crippen LogP contribution in [0.2, 0.25) is 0 Å². The topological polar surface area (TPSA) is 72.2 Å². The van der Waals surface area contributed by atoms with Crippen LogP contribution in [0.15, 0.2) is 29.2 Å². The van der Waals surface area contributed by atoms with E-state index in [2.05, 4.69) is 12.2 Å². The first kappa shape index (κ1) is 15.5. The fourth-order valence-electron chi connectivity index (χ4n) is 2.88. The molecular weight excluding hydrogens is 272 g/mol. The fraction of sp³-hybridized carbons (Fsp3) is 0.600. The third kappa shape index (κ3) is 4.30. The van der Waals surface area contributed by atoms with Gasteiger partial charge in [-0.05, 0) is 43.5 Å². The number of primary sulfonamides is 1. The first-order valence-corrected chi connectivity index (χ1v) is 8.87. The van der Waals surface area contributed by atoms with E-state index in [1.54, 1.807) is 12.1 Å². The van der Waals surface area contributed by atoms with E-state index in [0.717, 1.165) is 18.0 Å². The zero-order valence-corrected chi connectivity index (χ0v) is 12.8. The van der Waals surface area contributed by atoms with Crippen molar-refractivity contribution in [1.29, 1.82) is 0 Å². The van der Waals surface area contributed by atoms with Gasteiger partial charge in [0.25, 0.3) is 0 Å². The lowest BCUT2D eigenvalue weighted by molar-refractivity contribution is 0.454. The van der Waals surface area contributed by atoms with Crippen LogP contribution in [0.3, 0.4) is 0 Å². The molecule has 0 radical (unpaired) electrons. The molecule has 0 amide bonds. The van der Waals surface area contributed by atoms with Crippen molar-refractivity contribution in [3.8, 4) is 0 Å². The predicted octanol–water partition coefficient (Wildman–Crippen LogP) is 2.56. The summed E-state index contributed by atoms with van der Waals surface area (Å²) >= 11 is 0. The molecule has 2 rings (SSSR count). The van der Waals surface area contributed by atoms with E-state index in [1.807, 2.05) is 6.07 Å². The number of nitrogens with two attached hydrogens (primary N) is 1. The average Bonchev–Trinajstić information content (AvgIpc) is 2.91. The minimum absolute atomic E-state index is 0.137. The number of nitrogens with one attached hydrogen (secondary N) is 1. The molecule has 0 aliphatic heterocycles. The van der Waals surface area contributed by atoms with Gasteiger partial charge < -0.3 is 5.32 Å². The van der Waals surface area contributed by atoms with Gasteiger partial charge in [0.05, 0.1) is 4.90 Å².